The van der Waals surface area contributed by atoms with Crippen molar-refractivity contribution in [2.45, 2.75) is 50.0 Å². The van der Waals surface area contributed by atoms with Gasteiger partial charge in [-0.2, -0.15) is 4.31 Å². The zero-order valence-electron chi connectivity index (χ0n) is 12.5. The summed E-state index contributed by atoms with van der Waals surface area (Å²) in [5, 5.41) is 0. The summed E-state index contributed by atoms with van der Waals surface area (Å²) in [6.45, 7) is 2.67. The van der Waals surface area contributed by atoms with Gasteiger partial charge in [0.2, 0.25) is 10.0 Å². The van der Waals surface area contributed by atoms with Crippen LogP contribution in [0.1, 0.15) is 39.0 Å². The second-order valence-electron chi connectivity index (χ2n) is 5.32. The molecule has 1 aliphatic heterocycles. The highest BCUT2D eigenvalue weighted by Gasteiger charge is 2.31. The Balaban J connectivity index is 2.37. The van der Waals surface area contributed by atoms with Crippen LogP contribution in [-0.2, 0) is 10.0 Å². The van der Waals surface area contributed by atoms with E-state index in [-0.39, 0.29) is 6.04 Å². The van der Waals surface area contributed by atoms with Gasteiger partial charge in [0, 0.05) is 12.6 Å². The fourth-order valence-electron chi connectivity index (χ4n) is 2.82. The summed E-state index contributed by atoms with van der Waals surface area (Å²) in [5.74, 6) is 0.636. The quantitative estimate of drug-likeness (QED) is 0.803. The standard InChI is InChI=1S/C15H22BrNO3S/c1-3-12-7-5-4-6-10-17(12)21(18,19)13-8-9-15(20-2)14(16)11-13/h8-9,11-12H,3-7,10H2,1-2H3. The van der Waals surface area contributed by atoms with E-state index in [1.54, 1.807) is 29.6 Å². The molecule has 21 heavy (non-hydrogen) atoms. The smallest absolute Gasteiger partial charge is 0.243 e. The Morgan fingerprint density at radius 3 is 2.71 bits per heavy atom. The topological polar surface area (TPSA) is 46.6 Å². The Labute approximate surface area is 135 Å². The van der Waals surface area contributed by atoms with Crippen molar-refractivity contribution in [3.05, 3.63) is 22.7 Å². The van der Waals surface area contributed by atoms with Gasteiger partial charge in [0.25, 0.3) is 0 Å². The summed E-state index contributed by atoms with van der Waals surface area (Å²) in [5.41, 5.74) is 0. The Kier molecular flexibility index (Phi) is 5.68. The molecule has 1 aromatic carbocycles. The first kappa shape index (κ1) is 16.8. The Morgan fingerprint density at radius 1 is 1.33 bits per heavy atom. The van der Waals surface area contributed by atoms with Gasteiger partial charge in [-0.3, -0.25) is 0 Å². The zero-order chi connectivity index (χ0) is 15.5. The molecule has 1 unspecified atom stereocenters. The van der Waals surface area contributed by atoms with E-state index in [0.717, 1.165) is 32.1 Å². The molecule has 0 spiro atoms. The summed E-state index contributed by atoms with van der Waals surface area (Å²) in [4.78, 5) is 0.329. The van der Waals surface area contributed by atoms with Crippen LogP contribution in [0.2, 0.25) is 0 Å². The third kappa shape index (κ3) is 3.60. The highest BCUT2D eigenvalue weighted by Crippen LogP contribution is 2.31. The van der Waals surface area contributed by atoms with E-state index < -0.39 is 10.0 Å². The van der Waals surface area contributed by atoms with Crippen LogP contribution in [0.15, 0.2) is 27.6 Å². The minimum atomic E-state index is -3.45. The van der Waals surface area contributed by atoms with Gasteiger partial charge in [-0.05, 0) is 53.4 Å². The summed E-state index contributed by atoms with van der Waals surface area (Å²) in [6.07, 6.45) is 4.96. The largest absolute Gasteiger partial charge is 0.496 e. The average molecular weight is 376 g/mol. The SMILES string of the molecule is CCC1CCCCCN1S(=O)(=O)c1ccc(OC)c(Br)c1. The van der Waals surface area contributed by atoms with Gasteiger partial charge in [0.15, 0.2) is 0 Å². The molecule has 0 amide bonds. The minimum absolute atomic E-state index is 0.110. The first-order valence-corrected chi connectivity index (χ1v) is 9.59. The van der Waals surface area contributed by atoms with Crippen LogP contribution >= 0.6 is 15.9 Å². The number of hydrogen-bond donors (Lipinski definition) is 0. The molecule has 1 saturated heterocycles. The number of hydrogen-bond acceptors (Lipinski definition) is 3. The third-order valence-electron chi connectivity index (χ3n) is 4.02. The second kappa shape index (κ2) is 7.11. The average Bonchev–Trinajstić information content (AvgIpc) is 2.72. The predicted octanol–water partition coefficient (Wildman–Crippen LogP) is 3.80. The van der Waals surface area contributed by atoms with Crippen molar-refractivity contribution in [1.82, 2.24) is 4.31 Å². The number of ether oxygens (including phenoxy) is 1. The van der Waals surface area contributed by atoms with Crippen LogP contribution in [0.3, 0.4) is 0 Å². The third-order valence-corrected chi connectivity index (χ3v) is 6.59. The van der Waals surface area contributed by atoms with Crippen molar-refractivity contribution in [1.29, 1.82) is 0 Å². The van der Waals surface area contributed by atoms with Gasteiger partial charge in [-0.1, -0.05) is 19.8 Å². The Bertz CT molecular complexity index is 589. The van der Waals surface area contributed by atoms with E-state index in [1.807, 2.05) is 0 Å². The van der Waals surface area contributed by atoms with E-state index in [0.29, 0.717) is 21.7 Å². The number of benzene rings is 1. The maximum atomic E-state index is 12.9. The molecule has 1 fully saturated rings. The molecule has 0 bridgehead atoms. The van der Waals surface area contributed by atoms with Gasteiger partial charge in [0.1, 0.15) is 5.75 Å². The van der Waals surface area contributed by atoms with Crippen molar-refractivity contribution in [3.8, 4) is 5.75 Å². The molecular weight excluding hydrogens is 354 g/mol. The van der Waals surface area contributed by atoms with Gasteiger partial charge >= 0.3 is 0 Å². The summed E-state index contributed by atoms with van der Waals surface area (Å²) >= 11 is 3.36. The van der Waals surface area contributed by atoms with Gasteiger partial charge < -0.3 is 4.74 Å². The van der Waals surface area contributed by atoms with E-state index in [9.17, 15) is 8.42 Å². The normalized spacial score (nSPS) is 21.0. The molecule has 0 aliphatic carbocycles. The molecule has 0 saturated carbocycles. The number of methoxy groups -OCH3 is 1. The minimum Gasteiger partial charge on any atom is -0.496 e. The number of rotatable bonds is 4. The number of sulfonamides is 1. The first-order chi connectivity index (χ1) is 10.0. The predicted molar refractivity (Wildman–Crippen MR) is 87.1 cm³/mol. The van der Waals surface area contributed by atoms with Crippen LogP contribution in [0.5, 0.6) is 5.75 Å². The maximum Gasteiger partial charge on any atom is 0.243 e. The van der Waals surface area contributed by atoms with E-state index >= 15 is 0 Å². The van der Waals surface area contributed by atoms with Gasteiger partial charge in [-0.15, -0.1) is 0 Å². The molecule has 1 atom stereocenters. The lowest BCUT2D eigenvalue weighted by Crippen LogP contribution is -2.39. The molecular formula is C15H22BrNO3S. The molecule has 4 nitrogen and oxygen atoms in total. The van der Waals surface area contributed by atoms with Crippen LogP contribution in [0.4, 0.5) is 0 Å². The lowest BCUT2D eigenvalue weighted by atomic mass is 10.1. The van der Waals surface area contributed by atoms with Crippen molar-refractivity contribution < 1.29 is 13.2 Å². The van der Waals surface area contributed by atoms with E-state index in [2.05, 4.69) is 22.9 Å². The highest BCUT2D eigenvalue weighted by atomic mass is 79.9. The maximum absolute atomic E-state index is 12.9. The first-order valence-electron chi connectivity index (χ1n) is 7.36. The monoisotopic (exact) mass is 375 g/mol. The molecule has 1 aliphatic rings. The van der Waals surface area contributed by atoms with Crippen LogP contribution in [-0.4, -0.2) is 32.4 Å². The lowest BCUT2D eigenvalue weighted by molar-refractivity contribution is 0.315. The fourth-order valence-corrected chi connectivity index (χ4v) is 5.30. The molecule has 6 heteroatoms. The second-order valence-corrected chi connectivity index (χ2v) is 8.07. The molecule has 1 heterocycles. The highest BCUT2D eigenvalue weighted by molar-refractivity contribution is 9.10. The van der Waals surface area contributed by atoms with Crippen molar-refractivity contribution in [2.75, 3.05) is 13.7 Å². The van der Waals surface area contributed by atoms with Crippen molar-refractivity contribution in [2.24, 2.45) is 0 Å². The summed E-state index contributed by atoms with van der Waals surface area (Å²) in [7, 11) is -1.88. The Morgan fingerprint density at radius 2 is 2.10 bits per heavy atom. The molecule has 2 rings (SSSR count). The zero-order valence-corrected chi connectivity index (χ0v) is 14.9. The van der Waals surface area contributed by atoms with Gasteiger partial charge in [-0.25, -0.2) is 8.42 Å². The molecule has 118 valence electrons. The molecule has 1 aromatic rings. The number of halogens is 1. The fraction of sp³-hybridized carbons (Fsp3) is 0.600. The number of nitrogens with zero attached hydrogens (tertiary/aromatic N) is 1. The van der Waals surface area contributed by atoms with E-state index in [4.69, 9.17) is 4.74 Å². The molecule has 0 N–H and O–H groups in total. The van der Waals surface area contributed by atoms with Crippen LogP contribution < -0.4 is 4.74 Å². The molecule has 0 radical (unpaired) electrons. The summed E-state index contributed by atoms with van der Waals surface area (Å²) < 4.78 is 33.4. The van der Waals surface area contributed by atoms with Crippen molar-refractivity contribution in [3.63, 3.8) is 0 Å². The lowest BCUT2D eigenvalue weighted by Gasteiger charge is -2.28. The summed E-state index contributed by atoms with van der Waals surface area (Å²) in [6, 6.07) is 5.05. The van der Waals surface area contributed by atoms with Crippen molar-refractivity contribution >= 4 is 26.0 Å². The molecule has 0 aromatic heterocycles. The van der Waals surface area contributed by atoms with E-state index in [1.165, 1.54) is 0 Å². The van der Waals surface area contributed by atoms with Gasteiger partial charge in [0.05, 0.1) is 16.5 Å². The Hall–Kier alpha value is -0.590. The van der Waals surface area contributed by atoms with Crippen LogP contribution in [0.25, 0.3) is 0 Å². The van der Waals surface area contributed by atoms with Crippen LogP contribution in [0, 0.1) is 0 Å².